The first-order chi connectivity index (χ1) is 3.84. The summed E-state index contributed by atoms with van der Waals surface area (Å²) in [5.41, 5.74) is 0. The van der Waals surface area contributed by atoms with Crippen molar-refractivity contribution >= 4 is 5.78 Å². The van der Waals surface area contributed by atoms with Crippen LogP contribution >= 0.6 is 0 Å². The molecule has 1 nitrogen and oxygen atoms in total. The second-order valence-electron chi connectivity index (χ2n) is 2.14. The van der Waals surface area contributed by atoms with Gasteiger partial charge >= 0.3 is 0 Å². The zero-order chi connectivity index (χ0) is 5.98. The van der Waals surface area contributed by atoms with Crippen LogP contribution in [-0.2, 0) is 4.79 Å². The van der Waals surface area contributed by atoms with Crippen molar-refractivity contribution in [3.8, 4) is 0 Å². The minimum absolute atomic E-state index is 0.278. The standard InChI is InChI=1S/C7H10O/c1-2-3-6-4-5-7(6)8/h2-3,6H,4-5H2,1H3. The third-order valence-electron chi connectivity index (χ3n) is 1.54. The highest BCUT2D eigenvalue weighted by atomic mass is 16.1. The largest absolute Gasteiger partial charge is 0.299 e. The van der Waals surface area contributed by atoms with Crippen LogP contribution in [0.25, 0.3) is 0 Å². The highest BCUT2D eigenvalue weighted by molar-refractivity contribution is 5.87. The predicted octanol–water partition coefficient (Wildman–Crippen LogP) is 1.54. The van der Waals surface area contributed by atoms with E-state index in [2.05, 4.69) is 0 Å². The lowest BCUT2D eigenvalue weighted by Gasteiger charge is -2.19. The van der Waals surface area contributed by atoms with Gasteiger partial charge in [-0.3, -0.25) is 4.79 Å². The summed E-state index contributed by atoms with van der Waals surface area (Å²) in [5.74, 6) is 0.683. The first-order valence-electron chi connectivity index (χ1n) is 3.00. The Morgan fingerprint density at radius 3 is 2.62 bits per heavy atom. The average Bonchev–Trinajstić information content (AvgIpc) is 1.79. The van der Waals surface area contributed by atoms with E-state index in [0.717, 1.165) is 12.8 Å². The summed E-state index contributed by atoms with van der Waals surface area (Å²) in [4.78, 5) is 10.6. The molecule has 8 heavy (non-hydrogen) atoms. The summed E-state index contributed by atoms with van der Waals surface area (Å²) < 4.78 is 0. The first kappa shape index (κ1) is 5.54. The van der Waals surface area contributed by atoms with Gasteiger partial charge < -0.3 is 0 Å². The fraction of sp³-hybridized carbons (Fsp3) is 0.571. The van der Waals surface area contributed by atoms with E-state index in [1.54, 1.807) is 0 Å². The molecule has 0 amide bonds. The van der Waals surface area contributed by atoms with E-state index >= 15 is 0 Å². The number of allylic oxidation sites excluding steroid dienone is 2. The smallest absolute Gasteiger partial charge is 0.139 e. The molecular formula is C7H10O. The maximum atomic E-state index is 10.6. The zero-order valence-corrected chi connectivity index (χ0v) is 5.05. The zero-order valence-electron chi connectivity index (χ0n) is 5.05. The minimum Gasteiger partial charge on any atom is -0.299 e. The normalized spacial score (nSPS) is 28.6. The Kier molecular flexibility index (Phi) is 1.47. The molecule has 0 aromatic carbocycles. The van der Waals surface area contributed by atoms with Gasteiger partial charge in [0, 0.05) is 12.3 Å². The van der Waals surface area contributed by atoms with E-state index in [9.17, 15) is 4.79 Å². The Labute approximate surface area is 49.4 Å². The molecule has 1 aliphatic rings. The van der Waals surface area contributed by atoms with Crippen molar-refractivity contribution in [2.45, 2.75) is 19.8 Å². The van der Waals surface area contributed by atoms with Crippen LogP contribution in [0.15, 0.2) is 12.2 Å². The van der Waals surface area contributed by atoms with Crippen LogP contribution in [0.3, 0.4) is 0 Å². The summed E-state index contributed by atoms with van der Waals surface area (Å²) in [6.45, 7) is 1.95. The quantitative estimate of drug-likeness (QED) is 0.468. The van der Waals surface area contributed by atoms with Crippen LogP contribution in [0.2, 0.25) is 0 Å². The van der Waals surface area contributed by atoms with Crippen molar-refractivity contribution in [3.05, 3.63) is 12.2 Å². The molecule has 0 bridgehead atoms. The molecule has 1 heteroatoms. The molecule has 0 aliphatic heterocycles. The van der Waals surface area contributed by atoms with E-state index in [-0.39, 0.29) is 5.92 Å². The maximum Gasteiger partial charge on any atom is 0.139 e. The lowest BCUT2D eigenvalue weighted by molar-refractivity contribution is -0.127. The van der Waals surface area contributed by atoms with Crippen LogP contribution in [0, 0.1) is 5.92 Å². The molecule has 1 saturated carbocycles. The van der Waals surface area contributed by atoms with Crippen molar-refractivity contribution in [1.29, 1.82) is 0 Å². The van der Waals surface area contributed by atoms with Crippen molar-refractivity contribution in [1.82, 2.24) is 0 Å². The van der Waals surface area contributed by atoms with Crippen LogP contribution in [0.5, 0.6) is 0 Å². The molecule has 1 fully saturated rings. The Morgan fingerprint density at radius 2 is 2.50 bits per heavy atom. The van der Waals surface area contributed by atoms with Gasteiger partial charge in [-0.25, -0.2) is 0 Å². The highest BCUT2D eigenvalue weighted by Crippen LogP contribution is 2.22. The molecule has 1 atom stereocenters. The van der Waals surface area contributed by atoms with E-state index < -0.39 is 0 Å². The number of ketones is 1. The molecule has 0 heterocycles. The van der Waals surface area contributed by atoms with Gasteiger partial charge in [-0.1, -0.05) is 12.2 Å². The van der Waals surface area contributed by atoms with E-state index in [4.69, 9.17) is 0 Å². The third kappa shape index (κ3) is 0.808. The Morgan fingerprint density at radius 1 is 1.75 bits per heavy atom. The van der Waals surface area contributed by atoms with Crippen LogP contribution in [0.4, 0.5) is 0 Å². The molecule has 0 radical (unpaired) electrons. The van der Waals surface area contributed by atoms with Gasteiger partial charge in [0.2, 0.25) is 0 Å². The first-order valence-corrected chi connectivity index (χ1v) is 3.00. The molecule has 1 rings (SSSR count). The lowest BCUT2D eigenvalue weighted by atomic mass is 9.84. The SMILES string of the molecule is CC=CC1CCC1=O. The molecule has 1 aliphatic carbocycles. The van der Waals surface area contributed by atoms with Gasteiger partial charge in [-0.2, -0.15) is 0 Å². The molecular weight excluding hydrogens is 100 g/mol. The number of carbonyl (C=O) groups is 1. The molecule has 0 spiro atoms. The summed E-state index contributed by atoms with van der Waals surface area (Å²) in [7, 11) is 0. The fourth-order valence-electron chi connectivity index (χ4n) is 0.865. The molecule has 0 saturated heterocycles. The van der Waals surface area contributed by atoms with Crippen molar-refractivity contribution < 1.29 is 4.79 Å². The number of hydrogen-bond donors (Lipinski definition) is 0. The second-order valence-corrected chi connectivity index (χ2v) is 2.14. The van der Waals surface area contributed by atoms with Crippen LogP contribution in [0.1, 0.15) is 19.8 Å². The van der Waals surface area contributed by atoms with Crippen molar-refractivity contribution in [2.75, 3.05) is 0 Å². The van der Waals surface area contributed by atoms with Gasteiger partial charge in [-0.15, -0.1) is 0 Å². The molecule has 0 aromatic heterocycles. The fourth-order valence-corrected chi connectivity index (χ4v) is 0.865. The van der Waals surface area contributed by atoms with Crippen molar-refractivity contribution in [2.24, 2.45) is 5.92 Å². The topological polar surface area (TPSA) is 17.1 Å². The van der Waals surface area contributed by atoms with E-state index in [0.29, 0.717) is 5.78 Å². The summed E-state index contributed by atoms with van der Waals surface area (Å²) in [5, 5.41) is 0. The average molecular weight is 110 g/mol. The van der Waals surface area contributed by atoms with Crippen LogP contribution < -0.4 is 0 Å². The van der Waals surface area contributed by atoms with E-state index in [1.165, 1.54) is 0 Å². The minimum atomic E-state index is 0.278. The maximum absolute atomic E-state index is 10.6. The van der Waals surface area contributed by atoms with E-state index in [1.807, 2.05) is 19.1 Å². The van der Waals surface area contributed by atoms with Gasteiger partial charge in [0.15, 0.2) is 0 Å². The molecule has 0 N–H and O–H groups in total. The highest BCUT2D eigenvalue weighted by Gasteiger charge is 2.24. The van der Waals surface area contributed by atoms with Gasteiger partial charge in [0.05, 0.1) is 0 Å². The van der Waals surface area contributed by atoms with Gasteiger partial charge in [-0.05, 0) is 13.3 Å². The predicted molar refractivity (Wildman–Crippen MR) is 32.5 cm³/mol. The Balaban J connectivity index is 2.38. The number of Topliss-reactive ketones (excluding diaryl/α,β-unsaturated/α-hetero) is 1. The summed E-state index contributed by atoms with van der Waals surface area (Å²) >= 11 is 0. The van der Waals surface area contributed by atoms with Crippen LogP contribution in [-0.4, -0.2) is 5.78 Å². The van der Waals surface area contributed by atoms with Gasteiger partial charge in [0.1, 0.15) is 5.78 Å². The number of rotatable bonds is 1. The lowest BCUT2D eigenvalue weighted by Crippen LogP contribution is -2.22. The van der Waals surface area contributed by atoms with Crippen molar-refractivity contribution in [3.63, 3.8) is 0 Å². The Bertz CT molecular complexity index is 124. The number of hydrogen-bond acceptors (Lipinski definition) is 1. The Hall–Kier alpha value is -0.590. The molecule has 1 unspecified atom stereocenters. The molecule has 0 aromatic rings. The molecule has 44 valence electrons. The monoisotopic (exact) mass is 110 g/mol. The summed E-state index contributed by atoms with van der Waals surface area (Å²) in [6, 6.07) is 0. The second kappa shape index (κ2) is 2.12. The third-order valence-corrected chi connectivity index (χ3v) is 1.54. The summed E-state index contributed by atoms with van der Waals surface area (Å²) in [6.07, 6.45) is 5.80. The number of carbonyl (C=O) groups excluding carboxylic acids is 1. The van der Waals surface area contributed by atoms with Gasteiger partial charge in [0.25, 0.3) is 0 Å².